The predicted octanol–water partition coefficient (Wildman–Crippen LogP) is 4.33. The van der Waals surface area contributed by atoms with Crippen molar-refractivity contribution in [1.82, 2.24) is 4.90 Å². The van der Waals surface area contributed by atoms with Gasteiger partial charge in [-0.3, -0.25) is 9.69 Å². The van der Waals surface area contributed by atoms with E-state index in [1.165, 1.54) is 11.8 Å². The Kier molecular flexibility index (Phi) is 7.08. The minimum Gasteiger partial charge on any atom is -0.496 e. The highest BCUT2D eigenvalue weighted by molar-refractivity contribution is 8.03. The number of carbonyl (C=O) groups is 1. The molecular weight excluding hydrogens is 454 g/mol. The molecule has 2 aromatic rings. The van der Waals surface area contributed by atoms with Crippen LogP contribution in [0.5, 0.6) is 23.0 Å². The highest BCUT2D eigenvalue weighted by Crippen LogP contribution is 2.47. The molecule has 0 radical (unpaired) electrons. The summed E-state index contributed by atoms with van der Waals surface area (Å²) < 4.78 is 22.0. The Morgan fingerprint density at radius 2 is 1.74 bits per heavy atom. The fourth-order valence-electron chi connectivity index (χ4n) is 4.24. The zero-order valence-electron chi connectivity index (χ0n) is 19.7. The maximum atomic E-state index is 13.3. The summed E-state index contributed by atoms with van der Waals surface area (Å²) in [5.41, 5.74) is 2.28. The number of thioether (sulfide) groups is 1. The predicted molar refractivity (Wildman–Crippen MR) is 130 cm³/mol. The first-order valence-corrected chi connectivity index (χ1v) is 11.9. The zero-order valence-corrected chi connectivity index (χ0v) is 20.5. The SMILES string of the molecule is CCOc1ccc(N2CSC3=C(C#N)C(c4cc(OC)c(OC)cc4OC)CC(=O)N3C2)cc1. The van der Waals surface area contributed by atoms with Gasteiger partial charge in [0.25, 0.3) is 0 Å². The third-order valence-electron chi connectivity index (χ3n) is 5.92. The van der Waals surface area contributed by atoms with Crippen LogP contribution in [0, 0.1) is 11.3 Å². The number of rotatable bonds is 7. The summed E-state index contributed by atoms with van der Waals surface area (Å²) in [5.74, 6) is 2.55. The fourth-order valence-corrected chi connectivity index (χ4v) is 5.40. The van der Waals surface area contributed by atoms with Crippen molar-refractivity contribution in [2.45, 2.75) is 19.3 Å². The second-order valence-corrected chi connectivity index (χ2v) is 8.67. The number of hydrogen-bond donors (Lipinski definition) is 0. The number of methoxy groups -OCH3 is 3. The molecule has 34 heavy (non-hydrogen) atoms. The lowest BCUT2D eigenvalue weighted by atomic mass is 9.85. The number of fused-ring (bicyclic) bond motifs is 1. The van der Waals surface area contributed by atoms with Gasteiger partial charge >= 0.3 is 0 Å². The van der Waals surface area contributed by atoms with E-state index in [2.05, 4.69) is 11.0 Å². The number of allylic oxidation sites excluding steroid dienone is 1. The second kappa shape index (κ2) is 10.2. The van der Waals surface area contributed by atoms with Gasteiger partial charge in [0.2, 0.25) is 5.91 Å². The molecule has 8 nitrogen and oxygen atoms in total. The molecule has 1 atom stereocenters. The van der Waals surface area contributed by atoms with Crippen LogP contribution >= 0.6 is 11.8 Å². The molecule has 0 aromatic heterocycles. The molecule has 2 aromatic carbocycles. The summed E-state index contributed by atoms with van der Waals surface area (Å²) in [7, 11) is 4.67. The largest absolute Gasteiger partial charge is 0.496 e. The zero-order chi connectivity index (χ0) is 24.2. The van der Waals surface area contributed by atoms with Gasteiger partial charge in [-0.15, -0.1) is 0 Å². The van der Waals surface area contributed by atoms with Crippen molar-refractivity contribution in [3.05, 3.63) is 52.6 Å². The van der Waals surface area contributed by atoms with Crippen LogP contribution in [0.2, 0.25) is 0 Å². The number of carbonyl (C=O) groups excluding carboxylic acids is 1. The van der Waals surface area contributed by atoms with Crippen molar-refractivity contribution in [2.75, 3.05) is 45.4 Å². The summed E-state index contributed by atoms with van der Waals surface area (Å²) in [6.45, 7) is 2.94. The lowest BCUT2D eigenvalue weighted by Gasteiger charge is -2.42. The number of amides is 1. The summed E-state index contributed by atoms with van der Waals surface area (Å²) >= 11 is 1.49. The van der Waals surface area contributed by atoms with Crippen LogP contribution in [0.15, 0.2) is 47.0 Å². The van der Waals surface area contributed by atoms with E-state index in [0.717, 1.165) is 17.0 Å². The molecule has 178 valence electrons. The van der Waals surface area contributed by atoms with Crippen molar-refractivity contribution in [1.29, 1.82) is 5.26 Å². The van der Waals surface area contributed by atoms with Gasteiger partial charge in [0.1, 0.15) is 11.5 Å². The summed E-state index contributed by atoms with van der Waals surface area (Å²) in [4.78, 5) is 17.1. The molecule has 0 saturated carbocycles. The van der Waals surface area contributed by atoms with Crippen molar-refractivity contribution >= 4 is 23.4 Å². The van der Waals surface area contributed by atoms with Crippen molar-refractivity contribution in [2.24, 2.45) is 0 Å². The molecule has 9 heteroatoms. The number of hydrogen-bond acceptors (Lipinski definition) is 8. The van der Waals surface area contributed by atoms with Gasteiger partial charge in [0.15, 0.2) is 11.5 Å². The van der Waals surface area contributed by atoms with Crippen molar-refractivity contribution in [3.8, 4) is 29.1 Å². The average molecular weight is 482 g/mol. The van der Waals surface area contributed by atoms with Crippen molar-refractivity contribution in [3.63, 3.8) is 0 Å². The van der Waals surface area contributed by atoms with E-state index < -0.39 is 5.92 Å². The first-order chi connectivity index (χ1) is 16.5. The third kappa shape index (κ3) is 4.33. The number of nitrogens with zero attached hydrogens (tertiary/aromatic N) is 3. The highest BCUT2D eigenvalue weighted by atomic mass is 32.2. The molecule has 1 fully saturated rings. The molecule has 2 aliphatic rings. The Bertz CT molecular complexity index is 1140. The lowest BCUT2D eigenvalue weighted by molar-refractivity contribution is -0.129. The van der Waals surface area contributed by atoms with Crippen LogP contribution in [0.3, 0.4) is 0 Å². The van der Waals surface area contributed by atoms with E-state index >= 15 is 0 Å². The Hall–Kier alpha value is -3.51. The van der Waals surface area contributed by atoms with Crippen LogP contribution in [0.1, 0.15) is 24.8 Å². The van der Waals surface area contributed by atoms with Gasteiger partial charge in [0, 0.05) is 29.7 Å². The van der Waals surface area contributed by atoms with Gasteiger partial charge in [0.05, 0.1) is 57.2 Å². The molecule has 0 N–H and O–H groups in total. The van der Waals surface area contributed by atoms with E-state index in [-0.39, 0.29) is 12.3 Å². The molecule has 2 heterocycles. The molecule has 1 unspecified atom stereocenters. The quantitative estimate of drug-likeness (QED) is 0.578. The summed E-state index contributed by atoms with van der Waals surface area (Å²) in [6.07, 6.45) is 0.163. The highest BCUT2D eigenvalue weighted by Gasteiger charge is 2.39. The maximum Gasteiger partial charge on any atom is 0.229 e. The number of anilines is 1. The minimum atomic E-state index is -0.428. The van der Waals surface area contributed by atoms with Crippen molar-refractivity contribution < 1.29 is 23.7 Å². The van der Waals surface area contributed by atoms with Gasteiger partial charge in [-0.05, 0) is 37.3 Å². The summed E-state index contributed by atoms with van der Waals surface area (Å²) in [5, 5.41) is 10.8. The molecular formula is C25H27N3O5S. The maximum absolute atomic E-state index is 13.3. The lowest BCUT2D eigenvalue weighted by Crippen LogP contribution is -2.47. The molecule has 2 aliphatic heterocycles. The van der Waals surface area contributed by atoms with Crippen LogP contribution in [0.25, 0.3) is 0 Å². The molecule has 0 spiro atoms. The molecule has 1 saturated heterocycles. The monoisotopic (exact) mass is 481 g/mol. The van der Waals surface area contributed by atoms with Crippen LogP contribution in [0.4, 0.5) is 5.69 Å². The van der Waals surface area contributed by atoms with Crippen LogP contribution < -0.4 is 23.8 Å². The Morgan fingerprint density at radius 1 is 1.06 bits per heavy atom. The molecule has 1 amide bonds. The topological polar surface area (TPSA) is 84.3 Å². The summed E-state index contributed by atoms with van der Waals surface area (Å²) in [6, 6.07) is 13.7. The van der Waals surface area contributed by atoms with Gasteiger partial charge < -0.3 is 23.8 Å². The van der Waals surface area contributed by atoms with Crippen LogP contribution in [-0.4, -0.2) is 51.3 Å². The molecule has 4 rings (SSSR count). The van der Waals surface area contributed by atoms with E-state index in [1.54, 1.807) is 38.4 Å². The van der Waals surface area contributed by atoms with E-state index in [0.29, 0.717) is 47.0 Å². The van der Waals surface area contributed by atoms with Gasteiger partial charge in [-0.2, -0.15) is 5.26 Å². The molecule has 0 aliphatic carbocycles. The van der Waals surface area contributed by atoms with E-state index in [1.807, 2.05) is 31.2 Å². The second-order valence-electron chi connectivity index (χ2n) is 7.74. The van der Waals surface area contributed by atoms with E-state index in [9.17, 15) is 10.1 Å². The Labute approximate surface area is 203 Å². The minimum absolute atomic E-state index is 0.0426. The third-order valence-corrected chi connectivity index (χ3v) is 7.07. The fraction of sp³-hybridized carbons (Fsp3) is 0.360. The Morgan fingerprint density at radius 3 is 2.35 bits per heavy atom. The van der Waals surface area contributed by atoms with Gasteiger partial charge in [-0.25, -0.2) is 0 Å². The first kappa shape index (κ1) is 23.6. The first-order valence-electron chi connectivity index (χ1n) is 10.9. The number of ether oxygens (including phenoxy) is 4. The smallest absolute Gasteiger partial charge is 0.229 e. The van der Waals surface area contributed by atoms with Gasteiger partial charge in [-0.1, -0.05) is 11.8 Å². The van der Waals surface area contributed by atoms with E-state index in [4.69, 9.17) is 18.9 Å². The number of nitriles is 1. The van der Waals surface area contributed by atoms with Crippen LogP contribution in [-0.2, 0) is 4.79 Å². The normalized spacial score (nSPS) is 17.7. The average Bonchev–Trinajstić information content (AvgIpc) is 2.88. The standard InChI is InChI=1S/C25H27N3O5S/c1-5-33-17-8-6-16(7-9-17)27-14-28-24(29)11-18(20(13-26)25(28)34-15-27)19-10-22(31-3)23(32-4)12-21(19)30-2/h6-10,12,18H,5,11,14-15H2,1-4H3. The Balaban J connectivity index is 1.66. The molecule has 0 bridgehead atoms. The number of benzene rings is 2.